The van der Waals surface area contributed by atoms with E-state index < -0.39 is 0 Å². The van der Waals surface area contributed by atoms with Crippen LogP contribution in [0.4, 0.5) is 11.8 Å². The molecule has 1 aromatic rings. The molecule has 7 heteroatoms. The van der Waals surface area contributed by atoms with Crippen LogP contribution in [0.2, 0.25) is 5.15 Å². The van der Waals surface area contributed by atoms with Crippen molar-refractivity contribution in [2.75, 3.05) is 29.9 Å². The molecule has 0 aliphatic carbocycles. The molecule has 0 aromatic carbocycles. The predicted octanol–water partition coefficient (Wildman–Crippen LogP) is 2.04. The maximum Gasteiger partial charge on any atom is 0.232 e. The molecule has 0 spiro atoms. The van der Waals surface area contributed by atoms with Gasteiger partial charge in [-0.2, -0.15) is 4.98 Å². The Labute approximate surface area is 117 Å². The molecule has 1 saturated heterocycles. The average molecular weight is 286 g/mol. The van der Waals surface area contributed by atoms with Crippen molar-refractivity contribution in [2.24, 2.45) is 0 Å². The Morgan fingerprint density at radius 1 is 1.44 bits per heavy atom. The summed E-state index contributed by atoms with van der Waals surface area (Å²) in [6, 6.07) is 1.79. The highest BCUT2D eigenvalue weighted by Gasteiger charge is 2.15. The van der Waals surface area contributed by atoms with Crippen molar-refractivity contribution in [3.05, 3.63) is 11.2 Å². The summed E-state index contributed by atoms with van der Waals surface area (Å²) < 4.78 is 0. The zero-order valence-corrected chi connectivity index (χ0v) is 11.8. The number of hydrogen-bond acceptors (Lipinski definition) is 4. The third-order valence-electron chi connectivity index (χ3n) is 2.67. The smallest absolute Gasteiger partial charge is 0.232 e. The van der Waals surface area contributed by atoms with E-state index in [9.17, 15) is 0 Å². The minimum atomic E-state index is 0.425. The van der Waals surface area contributed by atoms with Crippen molar-refractivity contribution in [1.82, 2.24) is 15.3 Å². The molecule has 0 amide bonds. The number of thiocarbonyl (C=S) groups is 1. The van der Waals surface area contributed by atoms with Crippen molar-refractivity contribution < 1.29 is 0 Å². The molecule has 1 fully saturated rings. The molecule has 2 rings (SSSR count). The molecule has 1 aliphatic heterocycles. The second kappa shape index (κ2) is 6.15. The number of rotatable bonds is 3. The molecule has 98 valence electrons. The van der Waals surface area contributed by atoms with Gasteiger partial charge in [0.25, 0.3) is 0 Å². The fraction of sp³-hybridized carbons (Fsp3) is 0.545. The predicted molar refractivity (Wildman–Crippen MR) is 78.4 cm³/mol. The summed E-state index contributed by atoms with van der Waals surface area (Å²) in [6.45, 7) is 4.77. The summed E-state index contributed by atoms with van der Waals surface area (Å²) in [6.07, 6.45) is 2.39. The second-order valence-electron chi connectivity index (χ2n) is 4.05. The number of nitrogens with one attached hydrogen (secondary N) is 2. The standard InChI is InChI=1S/C11H16ClN5S/c1-2-13-11(18)16-10-14-8(12)7-9(15-10)17-5-3-4-6-17/h7H,2-6H2,1H3,(H2,13,14,15,16,18). The first-order valence-electron chi connectivity index (χ1n) is 6.03. The molecule has 5 nitrogen and oxygen atoms in total. The van der Waals surface area contributed by atoms with Gasteiger partial charge in [-0.3, -0.25) is 0 Å². The molecule has 0 bridgehead atoms. The van der Waals surface area contributed by atoms with Crippen molar-refractivity contribution in [3.8, 4) is 0 Å². The number of aromatic nitrogens is 2. The Balaban J connectivity index is 2.13. The Morgan fingerprint density at radius 2 is 2.17 bits per heavy atom. The van der Waals surface area contributed by atoms with Gasteiger partial charge in [0.1, 0.15) is 11.0 Å². The lowest BCUT2D eigenvalue weighted by molar-refractivity contribution is 0.928. The Bertz CT molecular complexity index is 433. The van der Waals surface area contributed by atoms with E-state index in [4.69, 9.17) is 23.8 Å². The van der Waals surface area contributed by atoms with Gasteiger partial charge in [0.2, 0.25) is 5.95 Å². The number of halogens is 1. The fourth-order valence-corrected chi connectivity index (χ4v) is 2.29. The topological polar surface area (TPSA) is 53.1 Å². The summed E-state index contributed by atoms with van der Waals surface area (Å²) in [5, 5.41) is 6.85. The normalized spacial score (nSPS) is 14.7. The molecule has 0 saturated carbocycles. The van der Waals surface area contributed by atoms with Gasteiger partial charge >= 0.3 is 0 Å². The van der Waals surface area contributed by atoms with E-state index >= 15 is 0 Å². The van der Waals surface area contributed by atoms with Crippen LogP contribution in [0.15, 0.2) is 6.07 Å². The van der Waals surface area contributed by atoms with Crippen molar-refractivity contribution >= 4 is 40.7 Å². The molecule has 0 radical (unpaired) electrons. The van der Waals surface area contributed by atoms with Gasteiger partial charge in [-0.1, -0.05) is 11.6 Å². The third-order valence-corrected chi connectivity index (χ3v) is 3.11. The first-order valence-corrected chi connectivity index (χ1v) is 6.82. The summed E-state index contributed by atoms with van der Waals surface area (Å²) in [4.78, 5) is 10.7. The van der Waals surface area contributed by atoms with Crippen LogP contribution < -0.4 is 15.5 Å². The largest absolute Gasteiger partial charge is 0.363 e. The SMILES string of the molecule is CCNC(=S)Nc1nc(Cl)cc(N2CCCC2)n1. The van der Waals surface area contributed by atoms with Crippen molar-refractivity contribution in [1.29, 1.82) is 0 Å². The molecular formula is C11H16ClN5S. The number of hydrogen-bond donors (Lipinski definition) is 2. The van der Waals surface area contributed by atoms with Crippen LogP contribution in [-0.2, 0) is 0 Å². The number of nitrogens with zero attached hydrogens (tertiary/aromatic N) is 3. The van der Waals surface area contributed by atoms with Crippen LogP contribution in [0, 0.1) is 0 Å². The first kappa shape index (κ1) is 13.3. The molecule has 2 heterocycles. The van der Waals surface area contributed by atoms with E-state index in [0.717, 1.165) is 25.5 Å². The summed E-state index contributed by atoms with van der Waals surface area (Å²) in [5.74, 6) is 1.30. The van der Waals surface area contributed by atoms with Crippen LogP contribution >= 0.6 is 23.8 Å². The Morgan fingerprint density at radius 3 is 2.83 bits per heavy atom. The number of anilines is 2. The minimum absolute atomic E-state index is 0.425. The average Bonchev–Trinajstić information content (AvgIpc) is 2.81. The highest BCUT2D eigenvalue weighted by Crippen LogP contribution is 2.21. The fourth-order valence-electron chi connectivity index (χ4n) is 1.88. The highest BCUT2D eigenvalue weighted by atomic mass is 35.5. The zero-order chi connectivity index (χ0) is 13.0. The van der Waals surface area contributed by atoms with E-state index in [2.05, 4.69) is 25.5 Å². The maximum absolute atomic E-state index is 6.01. The third kappa shape index (κ3) is 3.43. The minimum Gasteiger partial charge on any atom is -0.363 e. The van der Waals surface area contributed by atoms with Gasteiger partial charge in [0, 0.05) is 25.7 Å². The van der Waals surface area contributed by atoms with Gasteiger partial charge in [-0.25, -0.2) is 4.98 Å². The summed E-state index contributed by atoms with van der Waals surface area (Å²) in [7, 11) is 0. The molecule has 18 heavy (non-hydrogen) atoms. The second-order valence-corrected chi connectivity index (χ2v) is 4.85. The van der Waals surface area contributed by atoms with Crippen LogP contribution in [-0.4, -0.2) is 34.7 Å². The molecule has 1 aliphatic rings. The molecule has 2 N–H and O–H groups in total. The molecular weight excluding hydrogens is 270 g/mol. The van der Waals surface area contributed by atoms with Crippen LogP contribution in [0.5, 0.6) is 0 Å². The highest BCUT2D eigenvalue weighted by molar-refractivity contribution is 7.80. The van der Waals surface area contributed by atoms with E-state index in [1.54, 1.807) is 6.07 Å². The Kier molecular flexibility index (Phi) is 4.54. The van der Waals surface area contributed by atoms with Crippen molar-refractivity contribution in [2.45, 2.75) is 19.8 Å². The lowest BCUT2D eigenvalue weighted by Crippen LogP contribution is -2.29. The molecule has 0 unspecified atom stereocenters. The van der Waals surface area contributed by atoms with Crippen molar-refractivity contribution in [3.63, 3.8) is 0 Å². The van der Waals surface area contributed by atoms with Gasteiger partial charge in [-0.15, -0.1) is 0 Å². The van der Waals surface area contributed by atoms with E-state index in [0.29, 0.717) is 16.2 Å². The van der Waals surface area contributed by atoms with Gasteiger partial charge < -0.3 is 15.5 Å². The Hall–Kier alpha value is -1.14. The molecule has 1 aromatic heterocycles. The zero-order valence-electron chi connectivity index (χ0n) is 10.2. The lowest BCUT2D eigenvalue weighted by Gasteiger charge is -2.17. The van der Waals surface area contributed by atoms with Crippen LogP contribution in [0.1, 0.15) is 19.8 Å². The molecule has 0 atom stereocenters. The van der Waals surface area contributed by atoms with Crippen LogP contribution in [0.3, 0.4) is 0 Å². The van der Waals surface area contributed by atoms with Gasteiger partial charge in [0.05, 0.1) is 0 Å². The van der Waals surface area contributed by atoms with E-state index in [1.807, 2.05) is 6.92 Å². The van der Waals surface area contributed by atoms with Crippen LogP contribution in [0.25, 0.3) is 0 Å². The van der Waals surface area contributed by atoms with Gasteiger partial charge in [-0.05, 0) is 32.0 Å². The summed E-state index contributed by atoms with van der Waals surface area (Å²) >= 11 is 11.1. The van der Waals surface area contributed by atoms with E-state index in [-0.39, 0.29) is 0 Å². The summed E-state index contributed by atoms with van der Waals surface area (Å²) in [5.41, 5.74) is 0. The lowest BCUT2D eigenvalue weighted by atomic mass is 10.4. The maximum atomic E-state index is 6.01. The quantitative estimate of drug-likeness (QED) is 0.655. The van der Waals surface area contributed by atoms with E-state index in [1.165, 1.54) is 12.8 Å². The monoisotopic (exact) mass is 285 g/mol. The van der Waals surface area contributed by atoms with Gasteiger partial charge in [0.15, 0.2) is 5.11 Å². The first-order chi connectivity index (χ1) is 8.69.